The minimum atomic E-state index is 0. The Kier molecular flexibility index (Phi) is 9.44. The molecule has 0 saturated heterocycles. The molecule has 3 heterocycles. The summed E-state index contributed by atoms with van der Waals surface area (Å²) in [5.41, 5.74) is 16.9. The summed E-state index contributed by atoms with van der Waals surface area (Å²) in [7, 11) is 0. The van der Waals surface area contributed by atoms with Gasteiger partial charge in [-0.2, -0.15) is 0 Å². The first kappa shape index (κ1) is 34.0. The first-order valence-electron chi connectivity index (χ1n) is 16.5. The molecule has 0 N–H and O–H groups in total. The van der Waals surface area contributed by atoms with E-state index in [-0.39, 0.29) is 20.1 Å². The molecule has 0 aliphatic heterocycles. The zero-order chi connectivity index (χ0) is 33.7. The van der Waals surface area contributed by atoms with Crippen LogP contribution < -0.4 is 0 Å². The largest absolute Gasteiger partial charge is 0.340 e. The van der Waals surface area contributed by atoms with Crippen LogP contribution in [0.2, 0.25) is 0 Å². The van der Waals surface area contributed by atoms with E-state index in [4.69, 9.17) is 4.98 Å². The van der Waals surface area contributed by atoms with Crippen LogP contribution in [0.15, 0.2) is 97.3 Å². The second-order valence-corrected chi connectivity index (χ2v) is 13.1. The smallest absolute Gasteiger partial charge is 0.0669 e. The van der Waals surface area contributed by atoms with Crippen molar-refractivity contribution < 1.29 is 20.1 Å². The fourth-order valence-corrected chi connectivity index (χ4v) is 7.45. The molecule has 5 heteroatoms. The third-order valence-electron chi connectivity index (χ3n) is 9.20. The van der Waals surface area contributed by atoms with Crippen LogP contribution in [0.4, 0.5) is 0 Å². The number of benzene rings is 5. The summed E-state index contributed by atoms with van der Waals surface area (Å²) < 4.78 is 4.50. The number of hydrogen-bond acceptors (Lipinski definition) is 2. The molecule has 0 atom stereocenters. The summed E-state index contributed by atoms with van der Waals surface area (Å²) in [5, 5.41) is 3.53. The molecule has 0 fully saturated rings. The molecule has 1 radical (unpaired) electrons. The van der Waals surface area contributed by atoms with Crippen molar-refractivity contribution in [3.8, 4) is 28.3 Å². The molecule has 0 unspecified atom stereocenters. The summed E-state index contributed by atoms with van der Waals surface area (Å²) >= 11 is 0. The number of imidazole rings is 2. The van der Waals surface area contributed by atoms with Gasteiger partial charge in [0.1, 0.15) is 0 Å². The van der Waals surface area contributed by atoms with Crippen LogP contribution in [-0.2, 0) is 20.1 Å². The van der Waals surface area contributed by atoms with E-state index in [0.29, 0.717) is 0 Å². The quantitative estimate of drug-likeness (QED) is 0.132. The Morgan fingerprint density at radius 1 is 0.633 bits per heavy atom. The number of nitrogens with zero attached hydrogens (tertiary/aromatic N) is 4. The standard InChI is InChI=1S/C26H23N2.C18H17N2.Ir/c1-15-10-11-21-20-8-6-7-9-22(20)26-27-19(5)25(28(26)23(21)14-15)24-17(3)12-16(2)13-18(24)4;1-13-11-14(2)17(15(3)12-13)20-10-9-19-18(20)16-7-5-4-6-8-16;/h6-8,10-14H,1-5H3;4-7,9-12H,1-3H3;/q2*-1;. The van der Waals surface area contributed by atoms with Crippen LogP contribution in [0, 0.1) is 67.5 Å². The second-order valence-electron chi connectivity index (χ2n) is 13.1. The van der Waals surface area contributed by atoms with Gasteiger partial charge < -0.3 is 8.97 Å². The van der Waals surface area contributed by atoms with Gasteiger partial charge in [0.25, 0.3) is 0 Å². The zero-order valence-electron chi connectivity index (χ0n) is 29.4. The topological polar surface area (TPSA) is 35.1 Å². The molecule has 3 aromatic heterocycles. The van der Waals surface area contributed by atoms with Crippen molar-refractivity contribution in [2.75, 3.05) is 0 Å². The van der Waals surface area contributed by atoms with Gasteiger partial charge in [0.2, 0.25) is 0 Å². The second kappa shape index (κ2) is 13.6. The molecule has 49 heavy (non-hydrogen) atoms. The SMILES string of the molecule is Cc1cc(C)c(-c2c(C)nc3c4[c-]cccc4c4ccc(C)cc4n23)c(C)c1.Cc1cc(C)c(-n2ccnc2-c2[c-]cccc2)c(C)c1.[Ir]. The van der Waals surface area contributed by atoms with Gasteiger partial charge in [0.15, 0.2) is 0 Å². The number of aromatic nitrogens is 4. The fourth-order valence-electron chi connectivity index (χ4n) is 7.45. The monoisotopic (exact) mass is 817 g/mol. The van der Waals surface area contributed by atoms with Gasteiger partial charge in [-0.1, -0.05) is 52.9 Å². The van der Waals surface area contributed by atoms with Gasteiger partial charge in [0, 0.05) is 49.3 Å². The number of rotatable bonds is 3. The van der Waals surface area contributed by atoms with E-state index in [2.05, 4.69) is 136 Å². The molecule has 0 aliphatic carbocycles. The Morgan fingerprint density at radius 3 is 1.98 bits per heavy atom. The van der Waals surface area contributed by atoms with E-state index in [0.717, 1.165) is 28.1 Å². The molecule has 0 amide bonds. The zero-order valence-corrected chi connectivity index (χ0v) is 31.8. The summed E-state index contributed by atoms with van der Waals surface area (Å²) in [5.74, 6) is 0.931. The van der Waals surface area contributed by atoms with E-state index < -0.39 is 0 Å². The van der Waals surface area contributed by atoms with Crippen molar-refractivity contribution in [1.82, 2.24) is 18.9 Å². The maximum absolute atomic E-state index is 5.03. The average molecular weight is 817 g/mol. The molecule has 0 bridgehead atoms. The number of fused-ring (bicyclic) bond motifs is 6. The van der Waals surface area contributed by atoms with Crippen molar-refractivity contribution in [3.05, 3.63) is 154 Å². The van der Waals surface area contributed by atoms with Crippen LogP contribution >= 0.6 is 0 Å². The van der Waals surface area contributed by atoms with Crippen LogP contribution in [-0.4, -0.2) is 18.9 Å². The Bertz CT molecular complexity index is 2440. The van der Waals surface area contributed by atoms with Crippen molar-refractivity contribution in [1.29, 1.82) is 0 Å². The average Bonchev–Trinajstić information content (AvgIpc) is 3.66. The van der Waals surface area contributed by atoms with Gasteiger partial charge in [-0.25, -0.2) is 0 Å². The summed E-state index contributed by atoms with van der Waals surface area (Å²) in [6.45, 7) is 17.3. The van der Waals surface area contributed by atoms with E-state index in [1.807, 2.05) is 42.7 Å². The van der Waals surface area contributed by atoms with E-state index in [1.54, 1.807) is 0 Å². The first-order chi connectivity index (χ1) is 23.1. The third kappa shape index (κ3) is 6.14. The molecule has 8 aromatic rings. The van der Waals surface area contributed by atoms with Crippen molar-refractivity contribution in [2.24, 2.45) is 0 Å². The van der Waals surface area contributed by atoms with Gasteiger partial charge in [-0.15, -0.1) is 65.5 Å². The molecular weight excluding hydrogens is 777 g/mol. The molecule has 8 rings (SSSR count). The Morgan fingerprint density at radius 2 is 1.31 bits per heavy atom. The van der Waals surface area contributed by atoms with Gasteiger partial charge in [-0.05, 0) is 94.7 Å². The van der Waals surface area contributed by atoms with Crippen molar-refractivity contribution >= 4 is 27.3 Å². The van der Waals surface area contributed by atoms with Crippen molar-refractivity contribution in [2.45, 2.75) is 55.4 Å². The molecule has 4 nitrogen and oxygen atoms in total. The Balaban J connectivity index is 0.000000176. The third-order valence-corrected chi connectivity index (χ3v) is 9.20. The van der Waals surface area contributed by atoms with Gasteiger partial charge in [-0.3, -0.25) is 9.97 Å². The van der Waals surface area contributed by atoms with Gasteiger partial charge in [0.05, 0.1) is 22.9 Å². The maximum Gasteiger partial charge on any atom is 0.0669 e. The molecule has 0 aliphatic rings. The normalized spacial score (nSPS) is 11.1. The minimum absolute atomic E-state index is 0. The summed E-state index contributed by atoms with van der Waals surface area (Å²) in [6.07, 6.45) is 3.86. The number of hydrogen-bond donors (Lipinski definition) is 0. The summed E-state index contributed by atoms with van der Waals surface area (Å²) in [6, 6.07) is 36.5. The van der Waals surface area contributed by atoms with Crippen LogP contribution in [0.5, 0.6) is 0 Å². The van der Waals surface area contributed by atoms with E-state index in [9.17, 15) is 0 Å². The molecule has 0 spiro atoms. The van der Waals surface area contributed by atoms with E-state index in [1.165, 1.54) is 72.2 Å². The van der Waals surface area contributed by atoms with Crippen LogP contribution in [0.25, 0.3) is 55.7 Å². The molecule has 247 valence electrons. The molecule has 5 aromatic carbocycles. The summed E-state index contributed by atoms with van der Waals surface area (Å²) in [4.78, 5) is 9.53. The van der Waals surface area contributed by atoms with Crippen LogP contribution in [0.1, 0.15) is 44.6 Å². The fraction of sp³-hybridized carbons (Fsp3) is 0.182. The predicted octanol–water partition coefficient (Wildman–Crippen LogP) is 10.9. The Hall–Kier alpha value is -4.83. The number of pyridine rings is 1. The minimum Gasteiger partial charge on any atom is -0.340 e. The molecular formula is C44H40IrN4-2. The van der Waals surface area contributed by atoms with Crippen LogP contribution in [0.3, 0.4) is 0 Å². The van der Waals surface area contributed by atoms with Crippen molar-refractivity contribution in [3.63, 3.8) is 0 Å². The molecule has 0 saturated carbocycles. The van der Waals surface area contributed by atoms with E-state index >= 15 is 0 Å². The first-order valence-corrected chi connectivity index (χ1v) is 16.5. The number of aryl methyl sites for hydroxylation is 8. The Labute approximate surface area is 302 Å². The van der Waals surface area contributed by atoms with Gasteiger partial charge >= 0.3 is 0 Å². The maximum atomic E-state index is 5.03. The predicted molar refractivity (Wildman–Crippen MR) is 200 cm³/mol.